The SMILES string of the molecule is CCOC(=O)C1=C(C)N=c2s/c(=C/c3cc(Br)c(OCC)c(OC)c3)c(=O)n2[C@@H]1c1cccc2ccccc12. The summed E-state index contributed by atoms with van der Waals surface area (Å²) in [6.45, 7) is 6.16. The van der Waals surface area contributed by atoms with Gasteiger partial charge in [-0.15, -0.1) is 0 Å². The molecule has 9 heteroatoms. The minimum atomic E-state index is -0.685. The Balaban J connectivity index is 1.75. The Morgan fingerprint density at radius 1 is 1.13 bits per heavy atom. The molecule has 1 aromatic heterocycles. The number of hydrogen-bond donors (Lipinski definition) is 0. The number of halogens is 1. The van der Waals surface area contributed by atoms with E-state index in [1.165, 1.54) is 11.3 Å². The summed E-state index contributed by atoms with van der Waals surface area (Å²) in [7, 11) is 1.58. The van der Waals surface area contributed by atoms with E-state index in [-0.39, 0.29) is 12.2 Å². The van der Waals surface area contributed by atoms with Crippen LogP contribution in [0, 0.1) is 0 Å². The summed E-state index contributed by atoms with van der Waals surface area (Å²) in [5.41, 5.74) is 2.25. The van der Waals surface area contributed by atoms with Gasteiger partial charge in [-0.3, -0.25) is 9.36 Å². The van der Waals surface area contributed by atoms with E-state index in [9.17, 15) is 9.59 Å². The third kappa shape index (κ3) is 4.92. The van der Waals surface area contributed by atoms with Crippen molar-refractivity contribution in [1.82, 2.24) is 4.57 Å². The second kappa shape index (κ2) is 11.2. The molecule has 39 heavy (non-hydrogen) atoms. The number of nitrogens with zero attached hydrogens (tertiary/aromatic N) is 2. The van der Waals surface area contributed by atoms with Crippen LogP contribution in [0.15, 0.2) is 80.1 Å². The van der Waals surface area contributed by atoms with Crippen LogP contribution >= 0.6 is 27.3 Å². The van der Waals surface area contributed by atoms with Crippen LogP contribution in [0.3, 0.4) is 0 Å². The van der Waals surface area contributed by atoms with Crippen LogP contribution in [-0.2, 0) is 9.53 Å². The van der Waals surface area contributed by atoms with Gasteiger partial charge in [0.05, 0.1) is 46.6 Å². The lowest BCUT2D eigenvalue weighted by molar-refractivity contribution is -0.139. The van der Waals surface area contributed by atoms with Crippen LogP contribution in [-0.4, -0.2) is 30.9 Å². The number of ether oxygens (including phenoxy) is 3. The van der Waals surface area contributed by atoms with Crippen molar-refractivity contribution in [2.75, 3.05) is 20.3 Å². The average molecular weight is 608 g/mol. The Kier molecular flexibility index (Phi) is 7.72. The fourth-order valence-corrected chi connectivity index (χ4v) is 6.45. The van der Waals surface area contributed by atoms with E-state index in [1.54, 1.807) is 31.6 Å². The van der Waals surface area contributed by atoms with E-state index in [0.717, 1.165) is 26.4 Å². The first kappa shape index (κ1) is 26.9. The van der Waals surface area contributed by atoms with Gasteiger partial charge in [-0.1, -0.05) is 53.8 Å². The van der Waals surface area contributed by atoms with E-state index in [0.29, 0.717) is 38.7 Å². The minimum Gasteiger partial charge on any atom is -0.493 e. The molecule has 2 heterocycles. The van der Waals surface area contributed by atoms with Gasteiger partial charge >= 0.3 is 5.97 Å². The summed E-state index contributed by atoms with van der Waals surface area (Å²) < 4.78 is 19.5. The third-order valence-corrected chi connectivity index (χ3v) is 8.05. The summed E-state index contributed by atoms with van der Waals surface area (Å²) >= 11 is 4.84. The molecule has 0 aliphatic carbocycles. The van der Waals surface area contributed by atoms with Crippen LogP contribution in [0.4, 0.5) is 0 Å². The predicted molar refractivity (Wildman–Crippen MR) is 156 cm³/mol. The molecule has 5 rings (SSSR count). The highest BCUT2D eigenvalue weighted by Crippen LogP contribution is 2.37. The van der Waals surface area contributed by atoms with Crippen LogP contribution in [0.2, 0.25) is 0 Å². The monoisotopic (exact) mass is 606 g/mol. The van der Waals surface area contributed by atoms with Gasteiger partial charge in [0.25, 0.3) is 5.56 Å². The number of carbonyl (C=O) groups is 1. The van der Waals surface area contributed by atoms with Crippen molar-refractivity contribution in [2.45, 2.75) is 26.8 Å². The summed E-state index contributed by atoms with van der Waals surface area (Å²) in [5, 5.41) is 1.97. The zero-order valence-electron chi connectivity index (χ0n) is 22.0. The van der Waals surface area contributed by atoms with Crippen molar-refractivity contribution in [2.24, 2.45) is 4.99 Å². The molecule has 1 aliphatic rings. The predicted octanol–water partition coefficient (Wildman–Crippen LogP) is 5.12. The number of carbonyl (C=O) groups excluding carboxylic acids is 1. The zero-order chi connectivity index (χ0) is 27.7. The quantitative estimate of drug-likeness (QED) is 0.273. The number of esters is 1. The van der Waals surface area contributed by atoms with Crippen LogP contribution < -0.4 is 24.4 Å². The van der Waals surface area contributed by atoms with Gasteiger partial charge in [0, 0.05) is 0 Å². The van der Waals surface area contributed by atoms with E-state index < -0.39 is 12.0 Å². The van der Waals surface area contributed by atoms with Gasteiger partial charge < -0.3 is 14.2 Å². The van der Waals surface area contributed by atoms with Crippen LogP contribution in [0.25, 0.3) is 16.8 Å². The third-order valence-electron chi connectivity index (χ3n) is 6.47. The molecule has 0 spiro atoms. The number of aromatic nitrogens is 1. The molecule has 4 aromatic rings. The normalized spacial score (nSPS) is 15.2. The highest BCUT2D eigenvalue weighted by Gasteiger charge is 2.34. The molecular weight excluding hydrogens is 580 g/mol. The number of hydrogen-bond acceptors (Lipinski definition) is 7. The van der Waals surface area contributed by atoms with Crippen molar-refractivity contribution in [1.29, 1.82) is 0 Å². The first-order valence-electron chi connectivity index (χ1n) is 12.6. The van der Waals surface area contributed by atoms with Crippen molar-refractivity contribution < 1.29 is 19.0 Å². The molecule has 0 radical (unpaired) electrons. The highest BCUT2D eigenvalue weighted by molar-refractivity contribution is 9.10. The Labute approximate surface area is 237 Å². The molecule has 0 N–H and O–H groups in total. The molecule has 0 amide bonds. The lowest BCUT2D eigenvalue weighted by Crippen LogP contribution is -2.40. The summed E-state index contributed by atoms with van der Waals surface area (Å²) in [6.07, 6.45) is 1.80. The second-order valence-corrected chi connectivity index (χ2v) is 10.7. The highest BCUT2D eigenvalue weighted by atomic mass is 79.9. The van der Waals surface area contributed by atoms with Crippen LogP contribution in [0.1, 0.15) is 37.9 Å². The van der Waals surface area contributed by atoms with Crippen molar-refractivity contribution >= 4 is 50.1 Å². The summed E-state index contributed by atoms with van der Waals surface area (Å²) in [6, 6.07) is 16.9. The molecule has 0 fully saturated rings. The number of thiazole rings is 1. The van der Waals surface area contributed by atoms with E-state index in [4.69, 9.17) is 14.2 Å². The number of rotatable bonds is 7. The molecule has 0 saturated heterocycles. The molecule has 7 nitrogen and oxygen atoms in total. The average Bonchev–Trinajstić information content (AvgIpc) is 3.23. The molecule has 0 bridgehead atoms. The second-order valence-electron chi connectivity index (χ2n) is 8.84. The summed E-state index contributed by atoms with van der Waals surface area (Å²) in [4.78, 5) is 32.5. The largest absolute Gasteiger partial charge is 0.493 e. The molecule has 1 aliphatic heterocycles. The standard InChI is InChI=1S/C30H27BrN2O5S/c1-5-37-27-22(31)14-18(15-23(27)36-4)16-24-28(34)33-26(21-13-9-11-19-10-7-8-12-20(19)21)25(29(35)38-6-2)17(3)32-30(33)39-24/h7-16,26H,5-6H2,1-4H3/b24-16+/t26-/m1/s1. The fraction of sp³-hybridized carbons (Fsp3) is 0.233. The smallest absolute Gasteiger partial charge is 0.338 e. The number of fused-ring (bicyclic) bond motifs is 2. The zero-order valence-corrected chi connectivity index (χ0v) is 24.4. The number of benzene rings is 3. The van der Waals surface area contributed by atoms with Gasteiger partial charge in [-0.25, -0.2) is 9.79 Å². The van der Waals surface area contributed by atoms with Crippen LogP contribution in [0.5, 0.6) is 11.5 Å². The van der Waals surface area contributed by atoms with Crippen molar-refractivity contribution in [3.05, 3.63) is 101 Å². The molecule has 0 saturated carbocycles. The van der Waals surface area contributed by atoms with Crippen molar-refractivity contribution in [3.63, 3.8) is 0 Å². The molecular formula is C30H27BrN2O5S. The van der Waals surface area contributed by atoms with Crippen molar-refractivity contribution in [3.8, 4) is 11.5 Å². The van der Waals surface area contributed by atoms with Gasteiger partial charge in [0.15, 0.2) is 16.3 Å². The lowest BCUT2D eigenvalue weighted by Gasteiger charge is -2.25. The van der Waals surface area contributed by atoms with E-state index in [1.807, 2.05) is 61.5 Å². The first-order valence-corrected chi connectivity index (χ1v) is 14.2. The van der Waals surface area contributed by atoms with Gasteiger partial charge in [0.2, 0.25) is 0 Å². The Bertz CT molecular complexity index is 1800. The molecule has 200 valence electrons. The maximum absolute atomic E-state index is 14.0. The van der Waals surface area contributed by atoms with Gasteiger partial charge in [-0.05, 0) is 76.8 Å². The molecule has 1 atom stereocenters. The Hall–Kier alpha value is -3.69. The first-order chi connectivity index (χ1) is 18.9. The van der Waals surface area contributed by atoms with E-state index in [2.05, 4.69) is 20.9 Å². The molecule has 0 unspecified atom stereocenters. The summed E-state index contributed by atoms with van der Waals surface area (Å²) in [5.74, 6) is 0.676. The van der Waals surface area contributed by atoms with E-state index >= 15 is 0 Å². The Morgan fingerprint density at radius 3 is 2.64 bits per heavy atom. The number of allylic oxidation sites excluding steroid dienone is 1. The lowest BCUT2D eigenvalue weighted by atomic mass is 9.91. The maximum Gasteiger partial charge on any atom is 0.338 e. The van der Waals surface area contributed by atoms with Gasteiger partial charge in [0.1, 0.15) is 0 Å². The maximum atomic E-state index is 14.0. The molecule has 3 aromatic carbocycles. The fourth-order valence-electron chi connectivity index (χ4n) is 4.83. The minimum absolute atomic E-state index is 0.219. The number of methoxy groups -OCH3 is 1. The van der Waals surface area contributed by atoms with Gasteiger partial charge in [-0.2, -0.15) is 0 Å². The Morgan fingerprint density at radius 2 is 1.90 bits per heavy atom. The topological polar surface area (TPSA) is 79.1 Å².